The van der Waals surface area contributed by atoms with Crippen LogP contribution in [0.4, 0.5) is 5.13 Å². The fourth-order valence-electron chi connectivity index (χ4n) is 2.75. The molecule has 1 aliphatic rings. The van der Waals surface area contributed by atoms with Crippen LogP contribution in [0.2, 0.25) is 5.02 Å². The first kappa shape index (κ1) is 13.7. The molecule has 0 atom stereocenters. The van der Waals surface area contributed by atoms with Crippen molar-refractivity contribution in [1.29, 1.82) is 0 Å². The fraction of sp³-hybridized carbons (Fsp3) is 0.267. The summed E-state index contributed by atoms with van der Waals surface area (Å²) in [4.78, 5) is 2.26. The summed E-state index contributed by atoms with van der Waals surface area (Å²) < 4.78 is 0. The van der Waals surface area contributed by atoms with Gasteiger partial charge in [-0.15, -0.1) is 10.2 Å². The van der Waals surface area contributed by atoms with Gasteiger partial charge in [0, 0.05) is 41.4 Å². The highest BCUT2D eigenvalue weighted by molar-refractivity contribution is 7.15. The molecule has 0 aliphatic carbocycles. The van der Waals surface area contributed by atoms with Gasteiger partial charge >= 0.3 is 0 Å². The van der Waals surface area contributed by atoms with Gasteiger partial charge in [0.05, 0.1) is 5.69 Å². The lowest BCUT2D eigenvalue weighted by Crippen LogP contribution is -2.30. The predicted octanol–water partition coefficient (Wildman–Crippen LogP) is 3.45. The molecule has 3 heterocycles. The van der Waals surface area contributed by atoms with Gasteiger partial charge in [-0.3, -0.25) is 5.10 Å². The lowest BCUT2D eigenvalue weighted by Gasteiger charge is -2.26. The Labute approximate surface area is 137 Å². The van der Waals surface area contributed by atoms with E-state index in [2.05, 4.69) is 25.3 Å². The summed E-state index contributed by atoms with van der Waals surface area (Å²) in [5, 5.41) is 18.7. The Morgan fingerprint density at radius 3 is 3.00 bits per heavy atom. The zero-order valence-electron chi connectivity index (χ0n) is 12.0. The molecule has 0 saturated carbocycles. The minimum Gasteiger partial charge on any atom is -0.342 e. The average Bonchev–Trinajstić information content (AvgIpc) is 3.12. The number of aromatic amines is 1. The number of fused-ring (bicyclic) bond motifs is 1. The number of halogens is 1. The van der Waals surface area contributed by atoms with E-state index in [9.17, 15) is 0 Å². The SMILES string of the molecule is Cc1nnc(N2CCc3[nH]nc(-c4cccc(Cl)c4)c3C2)s1. The van der Waals surface area contributed by atoms with Crippen LogP contribution in [0.3, 0.4) is 0 Å². The molecule has 0 saturated heterocycles. The molecule has 2 aromatic heterocycles. The molecule has 4 rings (SSSR count). The third kappa shape index (κ3) is 2.38. The first-order chi connectivity index (χ1) is 10.7. The number of nitrogens with zero attached hydrogens (tertiary/aromatic N) is 4. The highest BCUT2D eigenvalue weighted by Gasteiger charge is 2.24. The molecular formula is C15H14ClN5S. The molecule has 22 heavy (non-hydrogen) atoms. The van der Waals surface area contributed by atoms with E-state index >= 15 is 0 Å². The Morgan fingerprint density at radius 1 is 1.32 bits per heavy atom. The fourth-order valence-corrected chi connectivity index (χ4v) is 3.65. The van der Waals surface area contributed by atoms with Crippen molar-refractivity contribution in [1.82, 2.24) is 20.4 Å². The minimum atomic E-state index is 0.724. The van der Waals surface area contributed by atoms with Gasteiger partial charge in [0.15, 0.2) is 0 Å². The maximum atomic E-state index is 6.11. The molecule has 0 spiro atoms. The quantitative estimate of drug-likeness (QED) is 0.781. The molecule has 0 unspecified atom stereocenters. The van der Waals surface area contributed by atoms with E-state index in [1.807, 2.05) is 31.2 Å². The molecule has 0 bridgehead atoms. The Hall–Kier alpha value is -1.92. The van der Waals surface area contributed by atoms with E-state index in [0.717, 1.165) is 45.9 Å². The number of nitrogens with one attached hydrogen (secondary N) is 1. The average molecular weight is 332 g/mol. The summed E-state index contributed by atoms with van der Waals surface area (Å²) in [5.74, 6) is 0. The maximum absolute atomic E-state index is 6.11. The predicted molar refractivity (Wildman–Crippen MR) is 88.4 cm³/mol. The van der Waals surface area contributed by atoms with Crippen molar-refractivity contribution >= 4 is 28.1 Å². The molecule has 1 N–H and O–H groups in total. The van der Waals surface area contributed by atoms with Crippen molar-refractivity contribution in [3.05, 3.63) is 45.6 Å². The first-order valence-electron chi connectivity index (χ1n) is 7.08. The Kier molecular flexibility index (Phi) is 3.35. The lowest BCUT2D eigenvalue weighted by atomic mass is 10.0. The topological polar surface area (TPSA) is 57.7 Å². The third-order valence-electron chi connectivity index (χ3n) is 3.82. The first-order valence-corrected chi connectivity index (χ1v) is 8.27. The number of aryl methyl sites for hydroxylation is 1. The molecule has 1 aromatic carbocycles. The molecule has 0 fully saturated rings. The molecule has 7 heteroatoms. The second-order valence-corrected chi connectivity index (χ2v) is 6.91. The van der Waals surface area contributed by atoms with Crippen LogP contribution in [0, 0.1) is 6.92 Å². The number of benzene rings is 1. The smallest absolute Gasteiger partial charge is 0.208 e. The van der Waals surface area contributed by atoms with Crippen LogP contribution in [0.15, 0.2) is 24.3 Å². The zero-order chi connectivity index (χ0) is 15.1. The van der Waals surface area contributed by atoms with Crippen LogP contribution >= 0.6 is 22.9 Å². The van der Waals surface area contributed by atoms with Gasteiger partial charge in [0.25, 0.3) is 0 Å². The summed E-state index contributed by atoms with van der Waals surface area (Å²) in [5.41, 5.74) is 4.44. The lowest BCUT2D eigenvalue weighted by molar-refractivity contribution is 0.713. The van der Waals surface area contributed by atoms with E-state index in [1.165, 1.54) is 11.3 Å². The standard InChI is InChI=1S/C15H14ClN5S/c1-9-17-20-15(22-9)21-6-5-13-12(8-21)14(19-18-13)10-3-2-4-11(16)7-10/h2-4,7H,5-6,8H2,1H3,(H,18,19). The maximum Gasteiger partial charge on any atom is 0.208 e. The van der Waals surface area contributed by atoms with Crippen molar-refractivity contribution < 1.29 is 0 Å². The van der Waals surface area contributed by atoms with Gasteiger partial charge in [-0.2, -0.15) is 5.10 Å². The molecule has 0 radical (unpaired) electrons. The van der Waals surface area contributed by atoms with Crippen molar-refractivity contribution in [3.8, 4) is 11.3 Å². The van der Waals surface area contributed by atoms with Crippen molar-refractivity contribution in [3.63, 3.8) is 0 Å². The third-order valence-corrected chi connectivity index (χ3v) is 4.95. The molecule has 5 nitrogen and oxygen atoms in total. The van der Waals surface area contributed by atoms with E-state index in [4.69, 9.17) is 11.6 Å². The molecule has 112 valence electrons. The van der Waals surface area contributed by atoms with Gasteiger partial charge in [-0.1, -0.05) is 35.1 Å². The summed E-state index contributed by atoms with van der Waals surface area (Å²) in [7, 11) is 0. The van der Waals surface area contributed by atoms with Crippen LogP contribution in [-0.4, -0.2) is 26.9 Å². The summed E-state index contributed by atoms with van der Waals surface area (Å²) >= 11 is 7.73. The van der Waals surface area contributed by atoms with E-state index < -0.39 is 0 Å². The molecule has 3 aromatic rings. The van der Waals surface area contributed by atoms with Crippen LogP contribution in [0.5, 0.6) is 0 Å². The second kappa shape index (κ2) is 5.37. The summed E-state index contributed by atoms with van der Waals surface area (Å²) in [6, 6.07) is 7.82. The van der Waals surface area contributed by atoms with E-state index in [1.54, 1.807) is 11.3 Å². The monoisotopic (exact) mass is 331 g/mol. The Balaban J connectivity index is 1.70. The minimum absolute atomic E-state index is 0.724. The highest BCUT2D eigenvalue weighted by atomic mass is 35.5. The number of hydrogen-bond donors (Lipinski definition) is 1. The Morgan fingerprint density at radius 2 is 2.23 bits per heavy atom. The van der Waals surface area contributed by atoms with Crippen LogP contribution < -0.4 is 4.90 Å². The molecule has 0 amide bonds. The van der Waals surface area contributed by atoms with E-state index in [-0.39, 0.29) is 0 Å². The van der Waals surface area contributed by atoms with Crippen LogP contribution in [0.25, 0.3) is 11.3 Å². The normalized spacial score (nSPS) is 14.2. The highest BCUT2D eigenvalue weighted by Crippen LogP contribution is 2.32. The van der Waals surface area contributed by atoms with Crippen LogP contribution in [0.1, 0.15) is 16.3 Å². The Bertz CT molecular complexity index is 825. The zero-order valence-corrected chi connectivity index (χ0v) is 13.6. The van der Waals surface area contributed by atoms with Gasteiger partial charge in [-0.25, -0.2) is 0 Å². The van der Waals surface area contributed by atoms with Gasteiger partial charge in [-0.05, 0) is 19.1 Å². The van der Waals surface area contributed by atoms with E-state index in [0.29, 0.717) is 0 Å². The summed E-state index contributed by atoms with van der Waals surface area (Å²) in [6.45, 7) is 3.70. The second-order valence-electron chi connectivity index (χ2n) is 5.31. The number of rotatable bonds is 2. The van der Waals surface area contributed by atoms with Gasteiger partial charge in [0.2, 0.25) is 5.13 Å². The van der Waals surface area contributed by atoms with Crippen LogP contribution in [-0.2, 0) is 13.0 Å². The number of H-pyrrole nitrogens is 1. The number of hydrogen-bond acceptors (Lipinski definition) is 5. The molecule has 1 aliphatic heterocycles. The summed E-state index contributed by atoms with van der Waals surface area (Å²) in [6.07, 6.45) is 0.932. The number of anilines is 1. The number of aromatic nitrogens is 4. The largest absolute Gasteiger partial charge is 0.342 e. The van der Waals surface area contributed by atoms with Crippen molar-refractivity contribution in [2.75, 3.05) is 11.4 Å². The van der Waals surface area contributed by atoms with Gasteiger partial charge in [0.1, 0.15) is 5.01 Å². The van der Waals surface area contributed by atoms with Gasteiger partial charge < -0.3 is 4.90 Å². The van der Waals surface area contributed by atoms with Crippen molar-refractivity contribution in [2.24, 2.45) is 0 Å². The van der Waals surface area contributed by atoms with Crippen molar-refractivity contribution in [2.45, 2.75) is 19.9 Å². The molecular weight excluding hydrogens is 318 g/mol.